The van der Waals surface area contributed by atoms with E-state index in [1.54, 1.807) is 18.2 Å². The molecule has 82 valence electrons. The van der Waals surface area contributed by atoms with Crippen LogP contribution < -0.4 is 0 Å². The normalized spacial score (nSPS) is 10.1. The van der Waals surface area contributed by atoms with Gasteiger partial charge in [0.2, 0.25) is 0 Å². The Morgan fingerprint density at radius 3 is 2.62 bits per heavy atom. The van der Waals surface area contributed by atoms with Crippen LogP contribution in [0.25, 0.3) is 5.69 Å². The average molecular weight is 236 g/mol. The molecule has 0 aliphatic heterocycles. The van der Waals surface area contributed by atoms with E-state index in [0.717, 1.165) is 5.69 Å². The standard InChI is InChI=1S/C12H10ClNO2/c1-16-12(15)10-8-9(13)4-5-11(10)14-6-2-3-7-14/h2-8H,1H3. The Labute approximate surface area is 98.2 Å². The minimum absolute atomic E-state index is 0.397. The highest BCUT2D eigenvalue weighted by molar-refractivity contribution is 6.31. The van der Waals surface area contributed by atoms with Gasteiger partial charge >= 0.3 is 5.97 Å². The van der Waals surface area contributed by atoms with E-state index in [1.807, 2.05) is 29.1 Å². The molecule has 0 radical (unpaired) electrons. The van der Waals surface area contributed by atoms with Gasteiger partial charge in [0.15, 0.2) is 0 Å². The second-order valence-corrected chi connectivity index (χ2v) is 3.68. The molecule has 1 aromatic carbocycles. The van der Waals surface area contributed by atoms with Gasteiger partial charge in [-0.1, -0.05) is 11.6 Å². The van der Waals surface area contributed by atoms with Crippen molar-refractivity contribution >= 4 is 17.6 Å². The summed E-state index contributed by atoms with van der Waals surface area (Å²) in [6.45, 7) is 0. The van der Waals surface area contributed by atoms with Crippen LogP contribution >= 0.6 is 11.6 Å². The first-order valence-corrected chi connectivity index (χ1v) is 5.11. The fraction of sp³-hybridized carbons (Fsp3) is 0.0833. The number of halogens is 1. The number of hydrogen-bond acceptors (Lipinski definition) is 2. The van der Waals surface area contributed by atoms with Gasteiger partial charge in [0.1, 0.15) is 0 Å². The largest absolute Gasteiger partial charge is 0.465 e. The first-order valence-electron chi connectivity index (χ1n) is 4.73. The summed E-state index contributed by atoms with van der Waals surface area (Å²) in [6.07, 6.45) is 3.71. The number of carbonyl (C=O) groups excluding carboxylic acids is 1. The highest BCUT2D eigenvalue weighted by Crippen LogP contribution is 2.20. The lowest BCUT2D eigenvalue weighted by molar-refractivity contribution is 0.0601. The fourth-order valence-electron chi connectivity index (χ4n) is 1.50. The number of methoxy groups -OCH3 is 1. The van der Waals surface area contributed by atoms with Crippen molar-refractivity contribution in [1.82, 2.24) is 4.57 Å². The smallest absolute Gasteiger partial charge is 0.340 e. The van der Waals surface area contributed by atoms with E-state index in [2.05, 4.69) is 0 Å². The van der Waals surface area contributed by atoms with E-state index in [4.69, 9.17) is 16.3 Å². The Balaban J connectivity index is 2.57. The third-order valence-corrected chi connectivity index (χ3v) is 2.48. The minimum Gasteiger partial charge on any atom is -0.465 e. The third kappa shape index (κ3) is 1.95. The summed E-state index contributed by atoms with van der Waals surface area (Å²) in [4.78, 5) is 11.6. The molecular weight excluding hydrogens is 226 g/mol. The maximum Gasteiger partial charge on any atom is 0.340 e. The van der Waals surface area contributed by atoms with Gasteiger partial charge < -0.3 is 9.30 Å². The summed E-state index contributed by atoms with van der Waals surface area (Å²) in [5.41, 5.74) is 1.20. The van der Waals surface area contributed by atoms with Gasteiger partial charge in [-0.05, 0) is 30.3 Å². The number of nitrogens with zero attached hydrogens (tertiary/aromatic N) is 1. The first-order chi connectivity index (χ1) is 7.72. The maximum atomic E-state index is 11.6. The predicted molar refractivity (Wildman–Crippen MR) is 62.1 cm³/mol. The molecule has 0 aliphatic carbocycles. The second-order valence-electron chi connectivity index (χ2n) is 3.24. The number of ether oxygens (including phenoxy) is 1. The lowest BCUT2D eigenvalue weighted by Gasteiger charge is -2.09. The summed E-state index contributed by atoms with van der Waals surface area (Å²) < 4.78 is 6.55. The molecule has 2 aromatic rings. The molecular formula is C12H10ClNO2. The number of hydrogen-bond donors (Lipinski definition) is 0. The van der Waals surface area contributed by atoms with E-state index in [0.29, 0.717) is 10.6 Å². The molecule has 0 fully saturated rings. The molecule has 1 heterocycles. The molecule has 1 aromatic heterocycles. The highest BCUT2D eigenvalue weighted by Gasteiger charge is 2.13. The number of aromatic nitrogens is 1. The van der Waals surface area contributed by atoms with Crippen molar-refractivity contribution in [1.29, 1.82) is 0 Å². The van der Waals surface area contributed by atoms with E-state index in [1.165, 1.54) is 7.11 Å². The average Bonchev–Trinajstić information content (AvgIpc) is 2.81. The molecule has 16 heavy (non-hydrogen) atoms. The highest BCUT2D eigenvalue weighted by atomic mass is 35.5. The minimum atomic E-state index is -0.397. The topological polar surface area (TPSA) is 31.2 Å². The van der Waals surface area contributed by atoms with E-state index < -0.39 is 5.97 Å². The molecule has 0 spiro atoms. The van der Waals surface area contributed by atoms with Crippen molar-refractivity contribution in [2.24, 2.45) is 0 Å². The molecule has 0 saturated carbocycles. The van der Waals surface area contributed by atoms with Gasteiger partial charge in [-0.25, -0.2) is 4.79 Å². The molecule has 0 aliphatic rings. The predicted octanol–water partition coefficient (Wildman–Crippen LogP) is 2.92. The third-order valence-electron chi connectivity index (χ3n) is 2.25. The number of benzene rings is 1. The zero-order valence-electron chi connectivity index (χ0n) is 8.68. The monoisotopic (exact) mass is 235 g/mol. The van der Waals surface area contributed by atoms with Gasteiger partial charge in [0, 0.05) is 17.4 Å². The number of esters is 1. The summed E-state index contributed by atoms with van der Waals surface area (Å²) in [6, 6.07) is 8.89. The molecule has 0 amide bonds. The van der Waals surface area contributed by atoms with Crippen molar-refractivity contribution in [2.45, 2.75) is 0 Å². The van der Waals surface area contributed by atoms with Gasteiger partial charge in [-0.2, -0.15) is 0 Å². The molecule has 2 rings (SSSR count). The van der Waals surface area contributed by atoms with Crippen LogP contribution in [0, 0.1) is 0 Å². The van der Waals surface area contributed by atoms with Crippen molar-refractivity contribution < 1.29 is 9.53 Å². The van der Waals surface area contributed by atoms with Gasteiger partial charge in [-0.15, -0.1) is 0 Å². The number of carbonyl (C=O) groups is 1. The van der Waals surface area contributed by atoms with Crippen molar-refractivity contribution in [3.63, 3.8) is 0 Å². The molecule has 3 nitrogen and oxygen atoms in total. The maximum absolute atomic E-state index is 11.6. The van der Waals surface area contributed by atoms with E-state index in [-0.39, 0.29) is 0 Å². The van der Waals surface area contributed by atoms with Gasteiger partial charge in [-0.3, -0.25) is 0 Å². The zero-order chi connectivity index (χ0) is 11.5. The molecule has 0 bridgehead atoms. The van der Waals surface area contributed by atoms with Crippen molar-refractivity contribution in [2.75, 3.05) is 7.11 Å². The second kappa shape index (κ2) is 4.41. The van der Waals surface area contributed by atoms with Crippen LogP contribution in [0.5, 0.6) is 0 Å². The SMILES string of the molecule is COC(=O)c1cc(Cl)ccc1-n1cccc1. The summed E-state index contributed by atoms with van der Waals surface area (Å²) in [7, 11) is 1.35. The lowest BCUT2D eigenvalue weighted by Crippen LogP contribution is -2.06. The molecule has 0 atom stereocenters. The van der Waals surface area contributed by atoms with Crippen molar-refractivity contribution in [3.05, 3.63) is 53.3 Å². The quantitative estimate of drug-likeness (QED) is 0.750. The van der Waals surface area contributed by atoms with Crippen molar-refractivity contribution in [3.8, 4) is 5.69 Å². The Morgan fingerprint density at radius 2 is 2.00 bits per heavy atom. The van der Waals surface area contributed by atoms with E-state index >= 15 is 0 Å². The molecule has 0 unspecified atom stereocenters. The van der Waals surface area contributed by atoms with Crippen LogP contribution in [0.2, 0.25) is 5.02 Å². The lowest BCUT2D eigenvalue weighted by atomic mass is 10.2. The summed E-state index contributed by atoms with van der Waals surface area (Å²) in [5, 5.41) is 0.510. The Bertz CT molecular complexity index is 506. The van der Waals surface area contributed by atoms with Crippen LogP contribution in [0.1, 0.15) is 10.4 Å². The Hall–Kier alpha value is -1.74. The zero-order valence-corrected chi connectivity index (χ0v) is 9.44. The fourth-order valence-corrected chi connectivity index (χ4v) is 1.67. The van der Waals surface area contributed by atoms with E-state index in [9.17, 15) is 4.79 Å². The Morgan fingerprint density at radius 1 is 1.31 bits per heavy atom. The first kappa shape index (κ1) is 10.8. The summed E-state index contributed by atoms with van der Waals surface area (Å²) >= 11 is 5.86. The van der Waals surface area contributed by atoms with Gasteiger partial charge in [0.25, 0.3) is 0 Å². The molecule has 0 saturated heterocycles. The van der Waals surface area contributed by atoms with Crippen LogP contribution in [-0.2, 0) is 4.74 Å². The molecule has 0 N–H and O–H groups in total. The number of rotatable bonds is 2. The Kier molecular flexibility index (Phi) is 2.97. The van der Waals surface area contributed by atoms with Crippen LogP contribution in [0.3, 0.4) is 0 Å². The van der Waals surface area contributed by atoms with Crippen LogP contribution in [0.15, 0.2) is 42.7 Å². The van der Waals surface area contributed by atoms with Gasteiger partial charge in [0.05, 0.1) is 18.4 Å². The van der Waals surface area contributed by atoms with Crippen LogP contribution in [-0.4, -0.2) is 17.6 Å². The summed E-state index contributed by atoms with van der Waals surface area (Å²) in [5.74, 6) is -0.397. The van der Waals surface area contributed by atoms with Crippen LogP contribution in [0.4, 0.5) is 0 Å². The molecule has 4 heteroatoms.